The minimum Gasteiger partial charge on any atom is -0.497 e. The summed E-state index contributed by atoms with van der Waals surface area (Å²) in [4.78, 5) is 12.3. The van der Waals surface area contributed by atoms with Crippen LogP contribution in [0.15, 0.2) is 52.0 Å². The topological polar surface area (TPSA) is 53.9 Å². The molecule has 1 atom stereocenters. The standard InChI is InChI=1S/C19H20BrN3O2/c1-12-10-14-6-9-16(25-3)11-17(14)18(22-23(12)19(24)21-2)13-4-7-15(20)8-5-13/h4-9,11-12H,10H2,1-3H3,(H,21,24)/t12-/m0/s1. The van der Waals surface area contributed by atoms with Crippen molar-refractivity contribution in [3.8, 4) is 5.75 Å². The summed E-state index contributed by atoms with van der Waals surface area (Å²) in [5, 5.41) is 8.90. The van der Waals surface area contributed by atoms with Crippen molar-refractivity contribution in [2.45, 2.75) is 19.4 Å². The second kappa shape index (κ2) is 7.27. The van der Waals surface area contributed by atoms with Gasteiger partial charge in [-0.1, -0.05) is 34.1 Å². The number of methoxy groups -OCH3 is 1. The number of hydrogen-bond acceptors (Lipinski definition) is 3. The highest BCUT2D eigenvalue weighted by atomic mass is 79.9. The van der Waals surface area contributed by atoms with Gasteiger partial charge in [0.1, 0.15) is 5.75 Å². The summed E-state index contributed by atoms with van der Waals surface area (Å²) in [6.45, 7) is 2.00. The Morgan fingerprint density at radius 3 is 2.64 bits per heavy atom. The van der Waals surface area contributed by atoms with Crippen LogP contribution in [0.2, 0.25) is 0 Å². The molecule has 5 nitrogen and oxygen atoms in total. The molecular formula is C19H20BrN3O2. The first-order valence-corrected chi connectivity index (χ1v) is 8.85. The van der Waals surface area contributed by atoms with Crippen LogP contribution in [0.3, 0.4) is 0 Å². The number of hydrazone groups is 1. The zero-order valence-corrected chi connectivity index (χ0v) is 16.0. The highest BCUT2D eigenvalue weighted by Crippen LogP contribution is 2.27. The Labute approximate surface area is 155 Å². The van der Waals surface area contributed by atoms with E-state index >= 15 is 0 Å². The summed E-state index contributed by atoms with van der Waals surface area (Å²) in [5.41, 5.74) is 3.83. The van der Waals surface area contributed by atoms with Gasteiger partial charge in [0.25, 0.3) is 0 Å². The smallest absolute Gasteiger partial charge is 0.337 e. The van der Waals surface area contributed by atoms with Crippen LogP contribution in [0.25, 0.3) is 0 Å². The van der Waals surface area contributed by atoms with Gasteiger partial charge in [-0.05, 0) is 43.2 Å². The van der Waals surface area contributed by atoms with Gasteiger partial charge in [-0.25, -0.2) is 9.80 Å². The molecule has 3 rings (SSSR count). The van der Waals surface area contributed by atoms with Gasteiger partial charge in [0.2, 0.25) is 0 Å². The van der Waals surface area contributed by atoms with Crippen molar-refractivity contribution in [2.24, 2.45) is 5.10 Å². The SMILES string of the molecule is CNC(=O)N1N=C(c2ccc(Br)cc2)c2cc(OC)ccc2C[C@@H]1C. The van der Waals surface area contributed by atoms with Gasteiger partial charge in [-0.2, -0.15) is 5.10 Å². The lowest BCUT2D eigenvalue weighted by atomic mass is 9.94. The number of hydrogen-bond donors (Lipinski definition) is 1. The lowest BCUT2D eigenvalue weighted by Crippen LogP contribution is -2.41. The number of rotatable bonds is 2. The molecule has 2 aromatic rings. The van der Waals surface area contributed by atoms with E-state index < -0.39 is 0 Å². The van der Waals surface area contributed by atoms with Crippen molar-refractivity contribution in [1.82, 2.24) is 10.3 Å². The van der Waals surface area contributed by atoms with Gasteiger partial charge < -0.3 is 10.1 Å². The number of amides is 2. The van der Waals surface area contributed by atoms with E-state index in [1.807, 2.05) is 49.4 Å². The summed E-state index contributed by atoms with van der Waals surface area (Å²) in [6.07, 6.45) is 0.719. The fourth-order valence-electron chi connectivity index (χ4n) is 2.93. The molecule has 0 bridgehead atoms. The maximum absolute atomic E-state index is 12.3. The summed E-state index contributed by atoms with van der Waals surface area (Å²) in [7, 11) is 3.26. The Bertz CT molecular complexity index is 818. The van der Waals surface area contributed by atoms with E-state index in [2.05, 4.69) is 21.2 Å². The van der Waals surface area contributed by atoms with Crippen molar-refractivity contribution in [3.63, 3.8) is 0 Å². The van der Waals surface area contributed by atoms with Crippen LogP contribution in [-0.2, 0) is 6.42 Å². The van der Waals surface area contributed by atoms with Crippen LogP contribution >= 0.6 is 15.9 Å². The molecule has 1 aliphatic rings. The van der Waals surface area contributed by atoms with Gasteiger partial charge in [0.15, 0.2) is 0 Å². The second-order valence-electron chi connectivity index (χ2n) is 5.93. The lowest BCUT2D eigenvalue weighted by Gasteiger charge is -2.22. The molecule has 0 aromatic heterocycles. The van der Waals surface area contributed by atoms with Crippen molar-refractivity contribution < 1.29 is 9.53 Å². The van der Waals surface area contributed by atoms with E-state index in [1.54, 1.807) is 14.2 Å². The molecule has 6 heteroatoms. The molecule has 2 aromatic carbocycles. The average Bonchev–Trinajstić information content (AvgIpc) is 2.77. The minimum absolute atomic E-state index is 0.0555. The largest absolute Gasteiger partial charge is 0.497 e. The van der Waals surface area contributed by atoms with E-state index in [-0.39, 0.29) is 12.1 Å². The van der Waals surface area contributed by atoms with Gasteiger partial charge in [-0.15, -0.1) is 0 Å². The van der Waals surface area contributed by atoms with Crippen LogP contribution < -0.4 is 10.1 Å². The molecule has 25 heavy (non-hydrogen) atoms. The summed E-state index contributed by atoms with van der Waals surface area (Å²) in [5.74, 6) is 0.768. The number of fused-ring (bicyclic) bond motifs is 1. The van der Waals surface area contributed by atoms with Crippen LogP contribution in [0.4, 0.5) is 4.79 Å². The molecule has 1 heterocycles. The average molecular weight is 402 g/mol. The summed E-state index contributed by atoms with van der Waals surface area (Å²) in [6, 6.07) is 13.6. The Balaban J connectivity index is 2.20. The van der Waals surface area contributed by atoms with Gasteiger partial charge >= 0.3 is 6.03 Å². The van der Waals surface area contributed by atoms with Gasteiger partial charge in [-0.3, -0.25) is 0 Å². The third-order valence-electron chi connectivity index (χ3n) is 4.25. The Morgan fingerprint density at radius 2 is 2.00 bits per heavy atom. The zero-order valence-electron chi connectivity index (χ0n) is 14.4. The molecule has 0 fully saturated rings. The molecule has 130 valence electrons. The highest BCUT2D eigenvalue weighted by molar-refractivity contribution is 9.10. The summed E-state index contributed by atoms with van der Waals surface area (Å²) < 4.78 is 6.38. The van der Waals surface area contributed by atoms with Crippen LogP contribution in [-0.4, -0.2) is 37.0 Å². The van der Waals surface area contributed by atoms with E-state index in [0.29, 0.717) is 0 Å². The third kappa shape index (κ3) is 3.54. The molecule has 1 N–H and O–H groups in total. The zero-order chi connectivity index (χ0) is 18.0. The van der Waals surface area contributed by atoms with Crippen molar-refractivity contribution in [1.29, 1.82) is 0 Å². The molecule has 0 spiro atoms. The van der Waals surface area contributed by atoms with Crippen LogP contribution in [0.1, 0.15) is 23.6 Å². The fraction of sp³-hybridized carbons (Fsp3) is 0.263. The number of nitrogens with zero attached hydrogens (tertiary/aromatic N) is 2. The van der Waals surface area contributed by atoms with Gasteiger partial charge in [0.05, 0.1) is 18.9 Å². The Kier molecular flexibility index (Phi) is 5.08. The number of nitrogens with one attached hydrogen (secondary N) is 1. The molecule has 0 saturated carbocycles. The molecule has 0 saturated heterocycles. The normalized spacial score (nSPS) is 16.6. The number of carbonyl (C=O) groups is 1. The minimum atomic E-state index is -0.220. The van der Waals surface area contributed by atoms with Crippen LogP contribution in [0, 0.1) is 0 Å². The van der Waals surface area contributed by atoms with Gasteiger partial charge in [0, 0.05) is 22.6 Å². The predicted octanol–water partition coefficient (Wildman–Crippen LogP) is 3.80. The van der Waals surface area contributed by atoms with E-state index in [1.165, 1.54) is 5.01 Å². The van der Waals surface area contributed by atoms with Crippen molar-refractivity contribution in [3.05, 3.63) is 63.6 Å². The van der Waals surface area contributed by atoms with E-state index in [4.69, 9.17) is 9.84 Å². The molecule has 0 aliphatic carbocycles. The first-order chi connectivity index (χ1) is 12.0. The fourth-order valence-corrected chi connectivity index (χ4v) is 3.19. The number of benzene rings is 2. The quantitative estimate of drug-likeness (QED) is 0.831. The predicted molar refractivity (Wildman–Crippen MR) is 102 cm³/mol. The monoisotopic (exact) mass is 401 g/mol. The maximum atomic E-state index is 12.3. The summed E-state index contributed by atoms with van der Waals surface area (Å²) >= 11 is 3.46. The highest BCUT2D eigenvalue weighted by Gasteiger charge is 2.27. The molecule has 1 aliphatic heterocycles. The Morgan fingerprint density at radius 1 is 1.28 bits per heavy atom. The van der Waals surface area contributed by atoms with E-state index in [0.717, 1.165) is 39.0 Å². The third-order valence-corrected chi connectivity index (χ3v) is 4.78. The number of ether oxygens (including phenoxy) is 1. The molecular weight excluding hydrogens is 382 g/mol. The molecule has 2 amide bonds. The molecule has 0 radical (unpaired) electrons. The number of halogens is 1. The molecule has 0 unspecified atom stereocenters. The number of carbonyl (C=O) groups excluding carboxylic acids is 1. The maximum Gasteiger partial charge on any atom is 0.337 e. The van der Waals surface area contributed by atoms with E-state index in [9.17, 15) is 4.79 Å². The second-order valence-corrected chi connectivity index (χ2v) is 6.85. The van der Waals surface area contributed by atoms with Crippen molar-refractivity contribution >= 4 is 27.7 Å². The van der Waals surface area contributed by atoms with Crippen molar-refractivity contribution in [2.75, 3.05) is 14.2 Å². The number of urea groups is 1. The lowest BCUT2D eigenvalue weighted by molar-refractivity contribution is 0.184. The first-order valence-electron chi connectivity index (χ1n) is 8.06. The Hall–Kier alpha value is -2.34. The van der Waals surface area contributed by atoms with Crippen LogP contribution in [0.5, 0.6) is 5.75 Å². The first kappa shape index (κ1) is 17.5.